The minimum atomic E-state index is -3.28. The number of amides is 2. The molecule has 1 aromatic carbocycles. The van der Waals surface area contributed by atoms with E-state index in [4.69, 9.17) is 0 Å². The Labute approximate surface area is 154 Å². The lowest BCUT2D eigenvalue weighted by Gasteiger charge is -2.30. The summed E-state index contributed by atoms with van der Waals surface area (Å²) in [7, 11) is -3.28. The summed E-state index contributed by atoms with van der Waals surface area (Å²) in [5, 5.41) is 2.89. The van der Waals surface area contributed by atoms with Gasteiger partial charge in [0.05, 0.1) is 12.2 Å². The molecule has 2 aliphatic heterocycles. The Morgan fingerprint density at radius 2 is 2.00 bits per heavy atom. The summed E-state index contributed by atoms with van der Waals surface area (Å²) in [5.74, 6) is -0.380. The molecule has 1 aromatic rings. The first kappa shape index (κ1) is 18.8. The van der Waals surface area contributed by atoms with Crippen LogP contribution in [0, 0.1) is 12.8 Å². The summed E-state index contributed by atoms with van der Waals surface area (Å²) in [5.41, 5.74) is 2.48. The molecule has 7 nitrogen and oxygen atoms in total. The van der Waals surface area contributed by atoms with Crippen LogP contribution in [-0.2, 0) is 19.6 Å². The number of piperidine rings is 1. The molecule has 2 aliphatic rings. The SMILES string of the molecule is Cc1cc(NC(=O)[C@H]2CCCN(S(C)(=O)=O)C2)ccc1N1CCCC1=O. The van der Waals surface area contributed by atoms with Gasteiger partial charge in [-0.3, -0.25) is 9.59 Å². The summed E-state index contributed by atoms with van der Waals surface area (Å²) in [6, 6.07) is 5.51. The largest absolute Gasteiger partial charge is 0.326 e. The number of carbonyl (C=O) groups is 2. The highest BCUT2D eigenvalue weighted by molar-refractivity contribution is 7.88. The molecule has 2 heterocycles. The van der Waals surface area contributed by atoms with Crippen LogP contribution in [0.1, 0.15) is 31.2 Å². The molecular weight excluding hydrogens is 354 g/mol. The van der Waals surface area contributed by atoms with E-state index < -0.39 is 10.0 Å². The van der Waals surface area contributed by atoms with Crippen LogP contribution in [-0.4, -0.2) is 50.4 Å². The van der Waals surface area contributed by atoms with E-state index >= 15 is 0 Å². The Bertz CT molecular complexity index is 822. The van der Waals surface area contributed by atoms with E-state index in [1.54, 1.807) is 11.0 Å². The average molecular weight is 379 g/mol. The van der Waals surface area contributed by atoms with Gasteiger partial charge in [-0.1, -0.05) is 0 Å². The van der Waals surface area contributed by atoms with Gasteiger partial charge in [0, 0.05) is 37.4 Å². The van der Waals surface area contributed by atoms with Crippen molar-refractivity contribution in [3.05, 3.63) is 23.8 Å². The summed E-state index contributed by atoms with van der Waals surface area (Å²) >= 11 is 0. The monoisotopic (exact) mass is 379 g/mol. The van der Waals surface area contributed by atoms with E-state index in [2.05, 4.69) is 5.32 Å². The number of hydrogen-bond acceptors (Lipinski definition) is 4. The average Bonchev–Trinajstić information content (AvgIpc) is 3.00. The molecule has 2 amide bonds. The normalized spacial score (nSPS) is 21.8. The Balaban J connectivity index is 1.68. The molecule has 0 radical (unpaired) electrons. The van der Waals surface area contributed by atoms with Crippen molar-refractivity contribution in [2.24, 2.45) is 5.92 Å². The lowest BCUT2D eigenvalue weighted by molar-refractivity contribution is -0.121. The maximum Gasteiger partial charge on any atom is 0.228 e. The quantitative estimate of drug-likeness (QED) is 0.863. The van der Waals surface area contributed by atoms with Gasteiger partial charge >= 0.3 is 0 Å². The predicted octanol–water partition coefficient (Wildman–Crippen LogP) is 1.73. The van der Waals surface area contributed by atoms with E-state index in [0.717, 1.165) is 24.2 Å². The van der Waals surface area contributed by atoms with Crippen LogP contribution >= 0.6 is 0 Å². The fourth-order valence-corrected chi connectivity index (χ4v) is 4.55. The fourth-order valence-electron chi connectivity index (χ4n) is 3.64. The van der Waals surface area contributed by atoms with Crippen LogP contribution in [0.2, 0.25) is 0 Å². The minimum Gasteiger partial charge on any atom is -0.326 e. The summed E-state index contributed by atoms with van der Waals surface area (Å²) in [6.07, 6.45) is 3.98. The lowest BCUT2D eigenvalue weighted by Crippen LogP contribution is -2.43. The van der Waals surface area contributed by atoms with Crippen LogP contribution in [0.25, 0.3) is 0 Å². The van der Waals surface area contributed by atoms with Gasteiger partial charge in [0.25, 0.3) is 0 Å². The van der Waals surface area contributed by atoms with Gasteiger partial charge in [0.1, 0.15) is 0 Å². The number of benzene rings is 1. The Hall–Kier alpha value is -1.93. The van der Waals surface area contributed by atoms with Crippen molar-refractivity contribution < 1.29 is 18.0 Å². The molecule has 0 aliphatic carbocycles. The maximum atomic E-state index is 12.5. The van der Waals surface area contributed by atoms with Crippen LogP contribution < -0.4 is 10.2 Å². The number of hydrogen-bond donors (Lipinski definition) is 1. The molecule has 0 aromatic heterocycles. The molecule has 0 unspecified atom stereocenters. The van der Waals surface area contributed by atoms with Crippen LogP contribution in [0.5, 0.6) is 0 Å². The molecular formula is C18H25N3O4S. The van der Waals surface area contributed by atoms with E-state index in [-0.39, 0.29) is 24.3 Å². The highest BCUT2D eigenvalue weighted by Gasteiger charge is 2.30. The second-order valence-corrected chi connectivity index (χ2v) is 9.08. The molecule has 8 heteroatoms. The Morgan fingerprint density at radius 1 is 1.23 bits per heavy atom. The van der Waals surface area contributed by atoms with E-state index in [9.17, 15) is 18.0 Å². The van der Waals surface area contributed by atoms with Gasteiger partial charge in [-0.05, 0) is 49.9 Å². The summed E-state index contributed by atoms with van der Waals surface area (Å²) in [6.45, 7) is 3.35. The number of rotatable bonds is 4. The summed E-state index contributed by atoms with van der Waals surface area (Å²) in [4.78, 5) is 26.2. The van der Waals surface area contributed by atoms with E-state index in [1.807, 2.05) is 19.1 Å². The zero-order chi connectivity index (χ0) is 18.9. The van der Waals surface area contributed by atoms with Crippen molar-refractivity contribution in [2.45, 2.75) is 32.6 Å². The molecule has 1 atom stereocenters. The molecule has 3 rings (SSSR count). The first-order chi connectivity index (χ1) is 12.3. The molecule has 2 fully saturated rings. The fraction of sp³-hybridized carbons (Fsp3) is 0.556. The summed E-state index contributed by atoms with van der Waals surface area (Å²) < 4.78 is 24.8. The van der Waals surface area contributed by atoms with Crippen LogP contribution in [0.15, 0.2) is 18.2 Å². The number of anilines is 2. The van der Waals surface area contributed by atoms with Gasteiger partial charge in [0.15, 0.2) is 0 Å². The highest BCUT2D eigenvalue weighted by atomic mass is 32.2. The van der Waals surface area contributed by atoms with Crippen molar-refractivity contribution in [1.29, 1.82) is 0 Å². The molecule has 1 N–H and O–H groups in total. The molecule has 0 bridgehead atoms. The van der Waals surface area contributed by atoms with Gasteiger partial charge < -0.3 is 10.2 Å². The van der Waals surface area contributed by atoms with Gasteiger partial charge in [-0.25, -0.2) is 12.7 Å². The number of nitrogens with zero attached hydrogens (tertiary/aromatic N) is 2. The lowest BCUT2D eigenvalue weighted by atomic mass is 9.98. The first-order valence-electron chi connectivity index (χ1n) is 8.93. The number of nitrogens with one attached hydrogen (secondary N) is 1. The minimum absolute atomic E-state index is 0.132. The first-order valence-corrected chi connectivity index (χ1v) is 10.8. The van der Waals surface area contributed by atoms with Gasteiger partial charge in [0.2, 0.25) is 21.8 Å². The molecule has 142 valence electrons. The molecule has 0 spiro atoms. The second kappa shape index (κ2) is 7.36. The van der Waals surface area contributed by atoms with E-state index in [0.29, 0.717) is 31.5 Å². The smallest absolute Gasteiger partial charge is 0.228 e. The molecule has 2 saturated heterocycles. The van der Waals surface area contributed by atoms with Gasteiger partial charge in [-0.15, -0.1) is 0 Å². The van der Waals surface area contributed by atoms with Crippen molar-refractivity contribution in [2.75, 3.05) is 36.1 Å². The Kier molecular flexibility index (Phi) is 5.34. The second-order valence-electron chi connectivity index (χ2n) is 7.10. The van der Waals surface area contributed by atoms with Crippen molar-refractivity contribution in [1.82, 2.24) is 4.31 Å². The third-order valence-electron chi connectivity index (χ3n) is 5.05. The topological polar surface area (TPSA) is 86.8 Å². The Morgan fingerprint density at radius 3 is 2.62 bits per heavy atom. The van der Waals surface area contributed by atoms with Crippen LogP contribution in [0.4, 0.5) is 11.4 Å². The third kappa shape index (κ3) is 4.07. The predicted molar refractivity (Wildman–Crippen MR) is 101 cm³/mol. The third-order valence-corrected chi connectivity index (χ3v) is 6.32. The van der Waals surface area contributed by atoms with Crippen LogP contribution in [0.3, 0.4) is 0 Å². The van der Waals surface area contributed by atoms with Crippen molar-refractivity contribution in [3.63, 3.8) is 0 Å². The van der Waals surface area contributed by atoms with Crippen molar-refractivity contribution in [3.8, 4) is 0 Å². The standard InChI is InChI=1S/C18H25N3O4S/c1-13-11-15(7-8-16(13)21-10-4-6-17(21)22)19-18(23)14-5-3-9-20(12-14)26(2,24)25/h7-8,11,14H,3-6,9-10,12H2,1-2H3,(H,19,23)/t14-/m0/s1. The number of carbonyl (C=O) groups excluding carboxylic acids is 2. The van der Waals surface area contributed by atoms with Gasteiger partial charge in [-0.2, -0.15) is 0 Å². The maximum absolute atomic E-state index is 12.5. The molecule has 0 saturated carbocycles. The highest BCUT2D eigenvalue weighted by Crippen LogP contribution is 2.28. The molecule has 26 heavy (non-hydrogen) atoms. The zero-order valence-corrected chi connectivity index (χ0v) is 16.0. The van der Waals surface area contributed by atoms with E-state index in [1.165, 1.54) is 10.6 Å². The number of aryl methyl sites for hydroxylation is 1. The number of sulfonamides is 1. The zero-order valence-electron chi connectivity index (χ0n) is 15.2. The van der Waals surface area contributed by atoms with Crippen molar-refractivity contribution >= 4 is 33.2 Å².